The minimum Gasteiger partial charge on any atom is -0.726 e. The van der Waals surface area contributed by atoms with Crippen molar-refractivity contribution in [1.29, 1.82) is 0 Å². The van der Waals surface area contributed by atoms with Crippen molar-refractivity contribution in [2.75, 3.05) is 41.3 Å². The number of rotatable bonds is 20. The molecular formula is C25H52N2O5S. The Morgan fingerprint density at radius 2 is 1.30 bits per heavy atom. The second-order valence-electron chi connectivity index (χ2n) is 9.63. The maximum absolute atomic E-state index is 11.8. The molecule has 0 aliphatic rings. The van der Waals surface area contributed by atoms with Gasteiger partial charge in [-0.1, -0.05) is 70.4 Å². The lowest BCUT2D eigenvalue weighted by atomic mass is 10.1. The number of carbonyl (C=O) groups is 1. The van der Waals surface area contributed by atoms with Crippen molar-refractivity contribution in [3.8, 4) is 0 Å². The molecule has 0 bridgehead atoms. The summed E-state index contributed by atoms with van der Waals surface area (Å²) in [7, 11) is 2.96. The fraction of sp³-hybridized carbons (Fsp3) is 0.880. The molecule has 0 unspecified atom stereocenters. The Balaban J connectivity index is 0. The molecule has 0 rings (SSSR count). The third-order valence-corrected chi connectivity index (χ3v) is 5.61. The first kappa shape index (κ1) is 34.2. The van der Waals surface area contributed by atoms with Crippen LogP contribution in [-0.4, -0.2) is 64.7 Å². The van der Waals surface area contributed by atoms with Gasteiger partial charge in [-0.25, -0.2) is 8.42 Å². The predicted octanol–water partition coefficient (Wildman–Crippen LogP) is 5.33. The summed E-state index contributed by atoms with van der Waals surface area (Å²) in [6.45, 7) is 4.20. The molecule has 0 heterocycles. The molecule has 0 aliphatic carbocycles. The molecule has 8 heteroatoms. The van der Waals surface area contributed by atoms with E-state index in [-0.39, 0.29) is 5.91 Å². The molecular weight excluding hydrogens is 440 g/mol. The van der Waals surface area contributed by atoms with Gasteiger partial charge in [-0.3, -0.25) is 8.98 Å². The Hall–Kier alpha value is -0.960. The van der Waals surface area contributed by atoms with Crippen molar-refractivity contribution in [1.82, 2.24) is 5.32 Å². The minimum absolute atomic E-state index is 0.231. The van der Waals surface area contributed by atoms with Crippen LogP contribution in [0.25, 0.3) is 0 Å². The van der Waals surface area contributed by atoms with Crippen molar-refractivity contribution >= 4 is 16.3 Å². The molecule has 0 fully saturated rings. The summed E-state index contributed by atoms with van der Waals surface area (Å²) < 4.78 is 32.0. The molecule has 0 saturated carbocycles. The maximum atomic E-state index is 11.8. The summed E-state index contributed by atoms with van der Waals surface area (Å²) in [6, 6.07) is 0. The molecule has 1 N–H and O–H groups in total. The number of allylic oxidation sites excluding steroid dienone is 2. The largest absolute Gasteiger partial charge is 0.726 e. The number of nitrogens with zero attached hydrogens (tertiary/aromatic N) is 1. The summed E-state index contributed by atoms with van der Waals surface area (Å²) in [4.78, 5) is 11.8. The van der Waals surface area contributed by atoms with E-state index in [2.05, 4.69) is 49.7 Å². The highest BCUT2D eigenvalue weighted by molar-refractivity contribution is 7.80. The summed E-state index contributed by atoms with van der Waals surface area (Å²) >= 11 is 0. The van der Waals surface area contributed by atoms with Gasteiger partial charge in [-0.15, -0.1) is 0 Å². The van der Waals surface area contributed by atoms with Gasteiger partial charge in [0.2, 0.25) is 16.3 Å². The average molecular weight is 493 g/mol. The number of quaternary nitrogens is 1. The van der Waals surface area contributed by atoms with Gasteiger partial charge >= 0.3 is 0 Å². The quantitative estimate of drug-likeness (QED) is 0.0815. The SMILES string of the molecule is CCCCCCCC/C=C/CCCCCCCC(=O)NCCC[N+](C)(C)C.COS(=O)(=O)[O-]. The van der Waals surface area contributed by atoms with Crippen LogP contribution in [-0.2, 0) is 19.4 Å². The van der Waals surface area contributed by atoms with Crippen molar-refractivity contribution < 1.29 is 26.4 Å². The third-order valence-electron chi connectivity index (χ3n) is 5.20. The first-order valence-electron chi connectivity index (χ1n) is 12.8. The van der Waals surface area contributed by atoms with Gasteiger partial charge in [-0.2, -0.15) is 0 Å². The first-order valence-corrected chi connectivity index (χ1v) is 14.1. The second kappa shape index (κ2) is 22.8. The molecule has 0 aromatic carbocycles. The van der Waals surface area contributed by atoms with Crippen molar-refractivity contribution in [2.24, 2.45) is 0 Å². The number of hydrogen-bond donors (Lipinski definition) is 1. The van der Waals surface area contributed by atoms with E-state index in [0.717, 1.165) is 37.5 Å². The highest BCUT2D eigenvalue weighted by Gasteiger charge is 2.06. The van der Waals surface area contributed by atoms with Crippen LogP contribution in [0.4, 0.5) is 0 Å². The Morgan fingerprint density at radius 3 is 1.76 bits per heavy atom. The normalized spacial score (nSPS) is 11.9. The zero-order valence-electron chi connectivity index (χ0n) is 22.1. The molecule has 0 aromatic heterocycles. The van der Waals surface area contributed by atoms with Gasteiger partial charge in [0.15, 0.2) is 0 Å². The van der Waals surface area contributed by atoms with Crippen molar-refractivity contribution in [2.45, 2.75) is 103 Å². The van der Waals surface area contributed by atoms with Crippen LogP contribution in [0.5, 0.6) is 0 Å². The third kappa shape index (κ3) is 35.8. The van der Waals surface area contributed by atoms with Crippen molar-refractivity contribution in [3.63, 3.8) is 0 Å². The van der Waals surface area contributed by atoms with Crippen LogP contribution < -0.4 is 5.32 Å². The van der Waals surface area contributed by atoms with E-state index in [4.69, 9.17) is 0 Å². The van der Waals surface area contributed by atoms with E-state index in [9.17, 15) is 17.8 Å². The van der Waals surface area contributed by atoms with Crippen LogP contribution in [0.3, 0.4) is 0 Å². The highest BCUT2D eigenvalue weighted by atomic mass is 32.3. The van der Waals surface area contributed by atoms with Gasteiger partial charge in [0.1, 0.15) is 0 Å². The van der Waals surface area contributed by atoms with Crippen LogP contribution >= 0.6 is 0 Å². The van der Waals surface area contributed by atoms with Gasteiger partial charge in [0.05, 0.1) is 34.8 Å². The average Bonchev–Trinajstić information content (AvgIpc) is 2.73. The van der Waals surface area contributed by atoms with E-state index in [0.29, 0.717) is 6.42 Å². The van der Waals surface area contributed by atoms with Crippen LogP contribution in [0.2, 0.25) is 0 Å². The second-order valence-corrected chi connectivity index (χ2v) is 10.8. The lowest BCUT2D eigenvalue weighted by Crippen LogP contribution is -2.37. The molecule has 0 spiro atoms. The fourth-order valence-corrected chi connectivity index (χ4v) is 3.23. The topological polar surface area (TPSA) is 95.5 Å². The zero-order chi connectivity index (χ0) is 25.4. The zero-order valence-corrected chi connectivity index (χ0v) is 22.9. The molecule has 1 amide bonds. The summed E-state index contributed by atoms with van der Waals surface area (Å²) in [5, 5.41) is 3.05. The van der Waals surface area contributed by atoms with Crippen LogP contribution in [0, 0.1) is 0 Å². The van der Waals surface area contributed by atoms with Crippen LogP contribution in [0.1, 0.15) is 103 Å². The standard InChI is InChI=1S/C24H48N2O.CH4O4S/c1-5-6-7-8-9-10-11-12-13-14-15-16-17-18-19-21-24(27)25-22-20-23-26(2,3)4;1-5-6(2,3)4/h12-13H,5-11,14-23H2,1-4H3;1H3,(H,2,3,4)/b13-12+;. The van der Waals surface area contributed by atoms with E-state index < -0.39 is 10.4 Å². The monoisotopic (exact) mass is 492 g/mol. The lowest BCUT2D eigenvalue weighted by molar-refractivity contribution is -0.870. The number of amides is 1. The van der Waals surface area contributed by atoms with Crippen molar-refractivity contribution in [3.05, 3.63) is 12.2 Å². The fourth-order valence-electron chi connectivity index (χ4n) is 3.23. The number of carbonyl (C=O) groups excluding carboxylic acids is 1. The first-order chi connectivity index (χ1) is 15.5. The summed E-state index contributed by atoms with van der Waals surface area (Å²) in [6.07, 6.45) is 23.4. The van der Waals surface area contributed by atoms with Gasteiger partial charge in [0.25, 0.3) is 0 Å². The van der Waals surface area contributed by atoms with E-state index in [1.807, 2.05) is 0 Å². The summed E-state index contributed by atoms with van der Waals surface area (Å²) in [5.74, 6) is 0.231. The van der Waals surface area contributed by atoms with Gasteiger partial charge in [0, 0.05) is 19.4 Å². The maximum Gasteiger partial charge on any atom is 0.219 e. The molecule has 7 nitrogen and oxygen atoms in total. The molecule has 0 aliphatic heterocycles. The van der Waals surface area contributed by atoms with Crippen LogP contribution in [0.15, 0.2) is 12.2 Å². The minimum atomic E-state index is -4.41. The summed E-state index contributed by atoms with van der Waals surface area (Å²) in [5.41, 5.74) is 0. The number of nitrogens with one attached hydrogen (secondary N) is 1. The van der Waals surface area contributed by atoms with Gasteiger partial charge < -0.3 is 14.4 Å². The molecule has 0 saturated heterocycles. The molecule has 198 valence electrons. The Kier molecular flexibility index (Phi) is 23.6. The molecule has 0 atom stereocenters. The highest BCUT2D eigenvalue weighted by Crippen LogP contribution is 2.10. The molecule has 0 radical (unpaired) electrons. The number of hydrogen-bond acceptors (Lipinski definition) is 5. The lowest BCUT2D eigenvalue weighted by Gasteiger charge is -2.23. The van der Waals surface area contributed by atoms with E-state index in [1.165, 1.54) is 77.0 Å². The molecule has 0 aromatic rings. The Labute approximate surface area is 204 Å². The van der Waals surface area contributed by atoms with E-state index >= 15 is 0 Å². The Morgan fingerprint density at radius 1 is 0.848 bits per heavy atom. The van der Waals surface area contributed by atoms with E-state index in [1.54, 1.807) is 0 Å². The Bertz CT molecular complexity index is 572. The van der Waals surface area contributed by atoms with Gasteiger partial charge in [-0.05, 0) is 32.1 Å². The molecule has 33 heavy (non-hydrogen) atoms. The predicted molar refractivity (Wildman–Crippen MR) is 137 cm³/mol. The smallest absolute Gasteiger partial charge is 0.219 e. The number of unbranched alkanes of at least 4 members (excludes halogenated alkanes) is 11.